The van der Waals surface area contributed by atoms with Gasteiger partial charge in [-0.25, -0.2) is 26.8 Å². The molecule has 4 heterocycles. The Morgan fingerprint density at radius 3 is 1.42 bits per heavy atom. The number of piperazine rings is 2. The van der Waals surface area contributed by atoms with Crippen molar-refractivity contribution >= 4 is 84.8 Å². The highest BCUT2D eigenvalue weighted by molar-refractivity contribution is 9.08. The molecule has 0 atom stereocenters. The molecule has 2 aliphatic rings. The number of rotatable bonds is 10. The Balaban J connectivity index is 0.000000174. The molecule has 2 aliphatic heterocycles. The van der Waals surface area contributed by atoms with Crippen LogP contribution in [0.3, 0.4) is 0 Å². The van der Waals surface area contributed by atoms with E-state index in [1.165, 1.54) is 5.56 Å². The summed E-state index contributed by atoms with van der Waals surface area (Å²) in [6, 6.07) is 32.4. The van der Waals surface area contributed by atoms with E-state index in [1.54, 1.807) is 55.5 Å². The number of halogens is 2. The molecule has 10 nitrogen and oxygen atoms in total. The van der Waals surface area contributed by atoms with E-state index >= 15 is 0 Å². The van der Waals surface area contributed by atoms with Crippen molar-refractivity contribution in [2.75, 3.05) is 62.2 Å². The monoisotopic (exact) mass is 968 g/mol. The molecule has 8 rings (SSSR count). The molecular formula is C41H42Br2N6O4S4. The summed E-state index contributed by atoms with van der Waals surface area (Å²) in [7, 11) is -6.92. The van der Waals surface area contributed by atoms with Gasteiger partial charge >= 0.3 is 0 Å². The van der Waals surface area contributed by atoms with Crippen molar-refractivity contribution in [3.8, 4) is 22.5 Å². The molecule has 0 radical (unpaired) electrons. The van der Waals surface area contributed by atoms with Gasteiger partial charge < -0.3 is 9.80 Å². The van der Waals surface area contributed by atoms with Crippen LogP contribution in [0.15, 0.2) is 124 Å². The third-order valence-electron chi connectivity index (χ3n) is 9.92. The number of nitrogens with zero attached hydrogens (tertiary/aromatic N) is 6. The van der Waals surface area contributed by atoms with Crippen LogP contribution in [-0.4, -0.2) is 87.8 Å². The van der Waals surface area contributed by atoms with Gasteiger partial charge in [0.15, 0.2) is 10.3 Å². The van der Waals surface area contributed by atoms with E-state index in [-0.39, 0.29) is 0 Å². The Morgan fingerprint density at radius 2 is 0.965 bits per heavy atom. The van der Waals surface area contributed by atoms with Crippen molar-refractivity contribution in [3.05, 3.63) is 131 Å². The number of sulfonamides is 2. The second-order valence-corrected chi connectivity index (χ2v) is 20.2. The van der Waals surface area contributed by atoms with Crippen molar-refractivity contribution < 1.29 is 16.8 Å². The predicted octanol–water partition coefficient (Wildman–Crippen LogP) is 8.74. The number of alkyl halides is 2. The number of aromatic nitrogens is 2. The van der Waals surface area contributed by atoms with E-state index in [4.69, 9.17) is 9.97 Å². The first-order chi connectivity index (χ1) is 27.6. The number of hydrogen-bond donors (Lipinski definition) is 0. The minimum absolute atomic E-state index is 0.353. The minimum Gasteiger partial charge on any atom is -0.345 e. The Kier molecular flexibility index (Phi) is 13.6. The molecule has 0 aliphatic carbocycles. The van der Waals surface area contributed by atoms with Gasteiger partial charge in [-0.05, 0) is 47.9 Å². The van der Waals surface area contributed by atoms with Gasteiger partial charge in [-0.1, -0.05) is 111 Å². The first-order valence-corrected chi connectivity index (χ1v) is 25.3. The van der Waals surface area contributed by atoms with Crippen molar-refractivity contribution in [2.24, 2.45) is 0 Å². The minimum atomic E-state index is -3.46. The summed E-state index contributed by atoms with van der Waals surface area (Å²) < 4.78 is 54.8. The quantitative estimate of drug-likeness (QED) is 0.126. The van der Waals surface area contributed by atoms with Gasteiger partial charge in [-0.3, -0.25) is 0 Å². The van der Waals surface area contributed by atoms with E-state index in [9.17, 15) is 16.8 Å². The fraction of sp³-hybridized carbons (Fsp3) is 0.268. The first kappa shape index (κ1) is 41.7. The summed E-state index contributed by atoms with van der Waals surface area (Å²) in [5.41, 5.74) is 7.49. The summed E-state index contributed by atoms with van der Waals surface area (Å²) in [5.74, 6) is 0. The van der Waals surface area contributed by atoms with Crippen LogP contribution in [0.5, 0.6) is 0 Å². The van der Waals surface area contributed by atoms with Crippen LogP contribution in [0.2, 0.25) is 0 Å². The van der Waals surface area contributed by atoms with Crippen molar-refractivity contribution in [1.82, 2.24) is 18.6 Å². The standard InChI is InChI=1S/C21H22BrN3O2S2.C20H20BrN3O2S2/c1-16-4-2-3-5-19(16)20-15-28-21(23-20)24-10-12-25(13-11-24)29(26,27)18-8-6-17(14-22)7-9-18;21-14-16-6-8-18(9-7-16)28(25,26)24-12-10-23(11-13-24)20-22-19(15-27-20)17-4-2-1-3-5-17/h2-9,15H,10-14H2,1H3;1-9,15H,10-14H2. The maximum Gasteiger partial charge on any atom is 0.243 e. The lowest BCUT2D eigenvalue weighted by Crippen LogP contribution is -2.48. The Bertz CT molecular complexity index is 2470. The van der Waals surface area contributed by atoms with Gasteiger partial charge in [0, 0.05) is 84.9 Å². The van der Waals surface area contributed by atoms with E-state index in [1.807, 2.05) is 66.7 Å². The van der Waals surface area contributed by atoms with Gasteiger partial charge in [0.2, 0.25) is 20.0 Å². The zero-order chi connectivity index (χ0) is 40.0. The van der Waals surface area contributed by atoms with Gasteiger partial charge in [-0.15, -0.1) is 22.7 Å². The third-order valence-corrected chi connectivity index (χ3v) is 16.8. The Morgan fingerprint density at radius 1 is 0.544 bits per heavy atom. The van der Waals surface area contributed by atoms with Crippen LogP contribution in [-0.2, 0) is 30.7 Å². The second kappa shape index (κ2) is 18.6. The number of aryl methyl sites for hydroxylation is 1. The summed E-state index contributed by atoms with van der Waals surface area (Å²) in [6.07, 6.45) is 0. The van der Waals surface area contributed by atoms with Crippen LogP contribution < -0.4 is 9.80 Å². The van der Waals surface area contributed by atoms with E-state index in [0.717, 1.165) is 43.9 Å². The third kappa shape index (κ3) is 9.71. The molecule has 6 aromatic rings. The zero-order valence-corrected chi connectivity index (χ0v) is 37.7. The molecule has 2 fully saturated rings. The van der Waals surface area contributed by atoms with Crippen molar-refractivity contribution in [3.63, 3.8) is 0 Å². The molecule has 16 heteroatoms. The first-order valence-electron chi connectivity index (χ1n) is 18.4. The molecule has 0 unspecified atom stereocenters. The molecule has 0 amide bonds. The Hall–Kier alpha value is -3.48. The zero-order valence-electron chi connectivity index (χ0n) is 31.2. The number of anilines is 2. The molecule has 0 bridgehead atoms. The SMILES string of the molecule is Cc1ccccc1-c1csc(N2CCN(S(=O)(=O)c3ccc(CBr)cc3)CC2)n1.O=S(=O)(c1ccc(CBr)cc1)N1CCN(c2nc(-c3ccccc3)cs2)CC1. The van der Waals surface area contributed by atoms with Crippen LogP contribution >= 0.6 is 54.5 Å². The molecule has 298 valence electrons. The van der Waals surface area contributed by atoms with Crippen molar-refractivity contribution in [1.29, 1.82) is 0 Å². The van der Waals surface area contributed by atoms with E-state index in [0.29, 0.717) is 72.8 Å². The van der Waals surface area contributed by atoms with Crippen LogP contribution in [0.25, 0.3) is 22.5 Å². The highest BCUT2D eigenvalue weighted by atomic mass is 79.9. The molecule has 57 heavy (non-hydrogen) atoms. The fourth-order valence-corrected chi connectivity index (χ4v) is 11.9. The molecule has 2 saturated heterocycles. The lowest BCUT2D eigenvalue weighted by atomic mass is 10.1. The van der Waals surface area contributed by atoms with Crippen molar-refractivity contribution in [2.45, 2.75) is 27.4 Å². The summed E-state index contributed by atoms with van der Waals surface area (Å²) >= 11 is 9.99. The van der Waals surface area contributed by atoms with Gasteiger partial charge in [-0.2, -0.15) is 8.61 Å². The van der Waals surface area contributed by atoms with Gasteiger partial charge in [0.1, 0.15) is 0 Å². The second-order valence-electron chi connectivity index (χ2n) is 13.5. The molecule has 4 aromatic carbocycles. The maximum atomic E-state index is 12.9. The number of thiazole rings is 2. The van der Waals surface area contributed by atoms with Crippen LogP contribution in [0, 0.1) is 6.92 Å². The van der Waals surface area contributed by atoms with E-state index < -0.39 is 20.0 Å². The molecule has 0 saturated carbocycles. The average molecular weight is 971 g/mol. The van der Waals surface area contributed by atoms with E-state index in [2.05, 4.69) is 71.5 Å². The van der Waals surface area contributed by atoms with Gasteiger partial charge in [0.25, 0.3) is 0 Å². The topological polar surface area (TPSA) is 107 Å². The smallest absolute Gasteiger partial charge is 0.243 e. The average Bonchev–Trinajstić information content (AvgIpc) is 3.96. The highest BCUT2D eigenvalue weighted by Gasteiger charge is 2.31. The van der Waals surface area contributed by atoms with Crippen LogP contribution in [0.4, 0.5) is 10.3 Å². The summed E-state index contributed by atoms with van der Waals surface area (Å²) in [4.78, 5) is 14.6. The molecule has 0 N–H and O–H groups in total. The van der Waals surface area contributed by atoms with Crippen LogP contribution in [0.1, 0.15) is 16.7 Å². The summed E-state index contributed by atoms with van der Waals surface area (Å²) in [5, 5.41) is 7.44. The maximum absolute atomic E-state index is 12.9. The lowest BCUT2D eigenvalue weighted by Gasteiger charge is -2.33. The Labute approximate surface area is 360 Å². The fourth-order valence-electron chi connectivity index (χ4n) is 6.58. The molecule has 2 aromatic heterocycles. The summed E-state index contributed by atoms with van der Waals surface area (Å²) in [6.45, 7) is 6.48. The van der Waals surface area contributed by atoms with Gasteiger partial charge in [0.05, 0.1) is 21.2 Å². The largest absolute Gasteiger partial charge is 0.345 e. The number of hydrogen-bond acceptors (Lipinski definition) is 10. The predicted molar refractivity (Wildman–Crippen MR) is 240 cm³/mol. The number of benzene rings is 4. The molecular weight excluding hydrogens is 929 g/mol. The lowest BCUT2D eigenvalue weighted by molar-refractivity contribution is 0.384. The normalized spacial score (nSPS) is 15.6. The molecule has 0 spiro atoms. The highest BCUT2D eigenvalue weighted by Crippen LogP contribution is 2.31.